The first-order valence-electron chi connectivity index (χ1n) is 8.02. The fraction of sp³-hybridized carbons (Fsp3) is 0.278. The van der Waals surface area contributed by atoms with E-state index in [9.17, 15) is 13.2 Å². The Kier molecular flexibility index (Phi) is 5.46. The Morgan fingerprint density at radius 1 is 1.16 bits per heavy atom. The molecule has 1 amide bonds. The quantitative estimate of drug-likeness (QED) is 0.787. The van der Waals surface area contributed by atoms with Gasteiger partial charge in [0.15, 0.2) is 0 Å². The summed E-state index contributed by atoms with van der Waals surface area (Å²) >= 11 is 1.56. The van der Waals surface area contributed by atoms with Gasteiger partial charge in [0.1, 0.15) is 0 Å². The number of rotatable bonds is 6. The van der Waals surface area contributed by atoms with Crippen molar-refractivity contribution < 1.29 is 13.2 Å². The summed E-state index contributed by atoms with van der Waals surface area (Å²) in [6.07, 6.45) is 3.38. The van der Waals surface area contributed by atoms with Crippen LogP contribution in [-0.4, -0.2) is 27.1 Å². The lowest BCUT2D eigenvalue weighted by atomic mass is 10.2. The molecule has 0 spiro atoms. The van der Waals surface area contributed by atoms with Gasteiger partial charge in [0.2, 0.25) is 15.9 Å². The maximum atomic E-state index is 12.4. The van der Waals surface area contributed by atoms with Crippen molar-refractivity contribution >= 4 is 33.4 Å². The van der Waals surface area contributed by atoms with Crippen LogP contribution in [0.2, 0.25) is 0 Å². The zero-order valence-corrected chi connectivity index (χ0v) is 15.6. The fourth-order valence-corrected chi connectivity index (χ4v) is 4.20. The van der Waals surface area contributed by atoms with Gasteiger partial charge in [0, 0.05) is 30.1 Å². The average Bonchev–Trinajstić information content (AvgIpc) is 3.06. The van der Waals surface area contributed by atoms with Gasteiger partial charge in [-0.05, 0) is 54.6 Å². The summed E-state index contributed by atoms with van der Waals surface area (Å²) in [6.45, 7) is 0.901. The molecule has 7 heteroatoms. The number of amides is 1. The minimum absolute atomic E-state index is 0.117. The molecular weight excluding hydrogens is 356 g/mol. The predicted octanol–water partition coefficient (Wildman–Crippen LogP) is 3.01. The molecule has 0 bridgehead atoms. The summed E-state index contributed by atoms with van der Waals surface area (Å²) in [5.41, 5.74) is 1.64. The van der Waals surface area contributed by atoms with E-state index in [2.05, 4.69) is 4.72 Å². The second-order valence-corrected chi connectivity index (χ2v) is 8.47. The van der Waals surface area contributed by atoms with Crippen LogP contribution in [0.15, 0.2) is 58.3 Å². The third-order valence-corrected chi connectivity index (χ3v) is 6.29. The minimum atomic E-state index is -3.57. The lowest BCUT2D eigenvalue weighted by Gasteiger charge is -2.16. The number of carbonyl (C=O) groups is 1. The Hall–Kier alpha value is -1.83. The van der Waals surface area contributed by atoms with Crippen LogP contribution >= 0.6 is 11.8 Å². The highest BCUT2D eigenvalue weighted by molar-refractivity contribution is 7.98. The van der Waals surface area contributed by atoms with E-state index in [0.717, 1.165) is 29.1 Å². The van der Waals surface area contributed by atoms with Crippen LogP contribution in [0.5, 0.6) is 0 Å². The van der Waals surface area contributed by atoms with Crippen LogP contribution in [0, 0.1) is 0 Å². The second-order valence-electron chi connectivity index (χ2n) is 5.82. The van der Waals surface area contributed by atoms with Crippen LogP contribution < -0.4 is 9.62 Å². The molecule has 2 aromatic carbocycles. The van der Waals surface area contributed by atoms with Crippen molar-refractivity contribution in [3.05, 3.63) is 54.1 Å². The van der Waals surface area contributed by atoms with Gasteiger partial charge in [-0.3, -0.25) is 4.79 Å². The van der Waals surface area contributed by atoms with E-state index < -0.39 is 10.0 Å². The first-order valence-corrected chi connectivity index (χ1v) is 10.7. The standard InChI is InChI=1S/C18H20N2O3S2/c1-24-16-7-9-17(10-8-16)25(22,23)19-13-14-4-2-5-15(12-14)20-11-3-6-18(20)21/h2,4-5,7-10,12,19H,3,6,11,13H2,1H3. The molecule has 1 fully saturated rings. The molecular formula is C18H20N2O3S2. The minimum Gasteiger partial charge on any atom is -0.312 e. The second kappa shape index (κ2) is 7.59. The number of hydrogen-bond acceptors (Lipinski definition) is 4. The molecule has 0 aliphatic carbocycles. The molecule has 0 atom stereocenters. The van der Waals surface area contributed by atoms with Crippen LogP contribution in [0.1, 0.15) is 18.4 Å². The normalized spacial score (nSPS) is 14.9. The molecule has 2 aromatic rings. The number of thioether (sulfide) groups is 1. The van der Waals surface area contributed by atoms with Crippen LogP contribution in [-0.2, 0) is 21.4 Å². The Bertz CT molecular complexity index is 864. The van der Waals surface area contributed by atoms with Gasteiger partial charge < -0.3 is 4.90 Å². The highest BCUT2D eigenvalue weighted by atomic mass is 32.2. The Labute approximate surface area is 152 Å². The highest BCUT2D eigenvalue weighted by Crippen LogP contribution is 2.23. The lowest BCUT2D eigenvalue weighted by molar-refractivity contribution is -0.117. The molecule has 1 saturated heterocycles. The molecule has 1 aliphatic rings. The fourth-order valence-electron chi connectivity index (χ4n) is 2.77. The zero-order chi connectivity index (χ0) is 17.9. The highest BCUT2D eigenvalue weighted by Gasteiger charge is 2.21. The van der Waals surface area contributed by atoms with Gasteiger partial charge in [-0.15, -0.1) is 11.8 Å². The Morgan fingerprint density at radius 3 is 2.56 bits per heavy atom. The topological polar surface area (TPSA) is 66.5 Å². The zero-order valence-electron chi connectivity index (χ0n) is 13.9. The van der Waals surface area contributed by atoms with Gasteiger partial charge in [-0.2, -0.15) is 0 Å². The van der Waals surface area contributed by atoms with Crippen molar-refractivity contribution in [1.29, 1.82) is 0 Å². The van der Waals surface area contributed by atoms with Crippen LogP contribution in [0.4, 0.5) is 5.69 Å². The monoisotopic (exact) mass is 376 g/mol. The van der Waals surface area contributed by atoms with E-state index in [1.807, 2.05) is 30.5 Å². The van der Waals surface area contributed by atoms with E-state index in [4.69, 9.17) is 0 Å². The van der Waals surface area contributed by atoms with Crippen LogP contribution in [0.3, 0.4) is 0 Å². The Balaban J connectivity index is 1.71. The third-order valence-electron chi connectivity index (χ3n) is 4.13. The van der Waals surface area contributed by atoms with Crippen LogP contribution in [0.25, 0.3) is 0 Å². The van der Waals surface area contributed by atoms with Crippen molar-refractivity contribution in [2.75, 3.05) is 17.7 Å². The van der Waals surface area contributed by atoms with Gasteiger partial charge in [-0.25, -0.2) is 13.1 Å². The summed E-state index contributed by atoms with van der Waals surface area (Å²) in [5, 5.41) is 0. The largest absolute Gasteiger partial charge is 0.312 e. The number of nitrogens with zero attached hydrogens (tertiary/aromatic N) is 1. The number of carbonyl (C=O) groups excluding carboxylic acids is 1. The molecule has 0 aromatic heterocycles. The van der Waals surface area contributed by atoms with Gasteiger partial charge >= 0.3 is 0 Å². The average molecular weight is 377 g/mol. The number of nitrogens with one attached hydrogen (secondary N) is 1. The predicted molar refractivity (Wildman–Crippen MR) is 100 cm³/mol. The molecule has 25 heavy (non-hydrogen) atoms. The summed E-state index contributed by atoms with van der Waals surface area (Å²) in [5.74, 6) is 0.117. The van der Waals surface area contributed by atoms with E-state index in [0.29, 0.717) is 6.42 Å². The summed E-state index contributed by atoms with van der Waals surface area (Å²) in [4.78, 5) is 14.9. The first kappa shape index (κ1) is 18.0. The maximum absolute atomic E-state index is 12.4. The molecule has 1 N–H and O–H groups in total. The van der Waals surface area contributed by atoms with E-state index in [1.54, 1.807) is 40.9 Å². The van der Waals surface area contributed by atoms with Crippen molar-refractivity contribution in [1.82, 2.24) is 4.72 Å². The molecule has 0 saturated carbocycles. The number of benzene rings is 2. The molecule has 1 aliphatic heterocycles. The third kappa shape index (κ3) is 4.23. The van der Waals surface area contributed by atoms with Crippen molar-refractivity contribution in [2.24, 2.45) is 0 Å². The SMILES string of the molecule is CSc1ccc(S(=O)(=O)NCc2cccc(N3CCCC3=O)c2)cc1. The van der Waals surface area contributed by atoms with Gasteiger partial charge in [0.25, 0.3) is 0 Å². The molecule has 132 valence electrons. The van der Waals surface area contributed by atoms with Gasteiger partial charge in [-0.1, -0.05) is 12.1 Å². The molecule has 3 rings (SSSR count). The Morgan fingerprint density at radius 2 is 1.92 bits per heavy atom. The molecule has 0 unspecified atom stereocenters. The summed E-state index contributed by atoms with van der Waals surface area (Å²) in [7, 11) is -3.57. The number of hydrogen-bond donors (Lipinski definition) is 1. The number of anilines is 1. The van der Waals surface area contributed by atoms with E-state index in [-0.39, 0.29) is 17.3 Å². The number of sulfonamides is 1. The molecule has 5 nitrogen and oxygen atoms in total. The summed E-state index contributed by atoms with van der Waals surface area (Å²) in [6, 6.07) is 14.2. The molecule has 1 heterocycles. The lowest BCUT2D eigenvalue weighted by Crippen LogP contribution is -2.25. The van der Waals surface area contributed by atoms with E-state index >= 15 is 0 Å². The van der Waals surface area contributed by atoms with Crippen molar-refractivity contribution in [3.8, 4) is 0 Å². The molecule has 0 radical (unpaired) electrons. The smallest absolute Gasteiger partial charge is 0.240 e. The van der Waals surface area contributed by atoms with Crippen molar-refractivity contribution in [3.63, 3.8) is 0 Å². The maximum Gasteiger partial charge on any atom is 0.240 e. The van der Waals surface area contributed by atoms with Gasteiger partial charge in [0.05, 0.1) is 4.90 Å². The first-order chi connectivity index (χ1) is 12.0. The van der Waals surface area contributed by atoms with Crippen molar-refractivity contribution in [2.45, 2.75) is 29.2 Å². The summed E-state index contributed by atoms with van der Waals surface area (Å²) < 4.78 is 27.5. The van der Waals surface area contributed by atoms with E-state index in [1.165, 1.54) is 0 Å².